The van der Waals surface area contributed by atoms with Crippen molar-refractivity contribution in [3.05, 3.63) is 0 Å². The molecule has 1 unspecified atom stereocenters. The summed E-state index contributed by atoms with van der Waals surface area (Å²) in [4.78, 5) is 5.34. The van der Waals surface area contributed by atoms with Crippen molar-refractivity contribution in [1.82, 2.24) is 15.1 Å². The fourth-order valence-corrected chi connectivity index (χ4v) is 3.59. The number of hydrogen-bond donors (Lipinski definition) is 1. The van der Waals surface area contributed by atoms with Gasteiger partial charge in [-0.3, -0.25) is 9.80 Å². The third-order valence-electron chi connectivity index (χ3n) is 4.83. The zero-order valence-corrected chi connectivity index (χ0v) is 13.6. The van der Waals surface area contributed by atoms with E-state index < -0.39 is 0 Å². The van der Waals surface area contributed by atoms with Gasteiger partial charge in [0.05, 0.1) is 6.61 Å². The van der Waals surface area contributed by atoms with Crippen molar-refractivity contribution in [3.8, 4) is 0 Å². The maximum absolute atomic E-state index is 5.42. The van der Waals surface area contributed by atoms with Crippen LogP contribution >= 0.6 is 0 Å². The first-order chi connectivity index (χ1) is 9.70. The van der Waals surface area contributed by atoms with Gasteiger partial charge in [-0.15, -0.1) is 0 Å². The Balaban J connectivity index is 1.76. The predicted octanol–water partition coefficient (Wildman–Crippen LogP) is 1.56. The van der Waals surface area contributed by atoms with Gasteiger partial charge >= 0.3 is 0 Å². The molecular formula is C16H33N3O. The fraction of sp³-hybridized carbons (Fsp3) is 1.00. The van der Waals surface area contributed by atoms with Crippen LogP contribution in [0.1, 0.15) is 39.5 Å². The molecule has 0 aromatic carbocycles. The minimum absolute atomic E-state index is 0.521. The molecule has 1 saturated carbocycles. The number of rotatable bonds is 7. The zero-order valence-electron chi connectivity index (χ0n) is 13.6. The monoisotopic (exact) mass is 283 g/mol. The summed E-state index contributed by atoms with van der Waals surface area (Å²) in [5.41, 5.74) is 0. The highest BCUT2D eigenvalue weighted by molar-refractivity contribution is 4.85. The molecule has 2 aliphatic rings. The summed E-state index contributed by atoms with van der Waals surface area (Å²) in [6, 6.07) is 1.95. The lowest BCUT2D eigenvalue weighted by Gasteiger charge is -2.41. The van der Waals surface area contributed by atoms with Gasteiger partial charge in [-0.2, -0.15) is 0 Å². The van der Waals surface area contributed by atoms with Gasteiger partial charge in [-0.25, -0.2) is 0 Å². The molecule has 4 heteroatoms. The molecule has 1 atom stereocenters. The zero-order chi connectivity index (χ0) is 14.4. The molecule has 4 nitrogen and oxygen atoms in total. The summed E-state index contributed by atoms with van der Waals surface area (Å²) in [7, 11) is 1.82. The van der Waals surface area contributed by atoms with E-state index in [1.807, 2.05) is 7.11 Å². The Morgan fingerprint density at radius 1 is 1.10 bits per heavy atom. The molecule has 1 aliphatic carbocycles. The Kier molecular flexibility index (Phi) is 6.75. The SMILES string of the molecule is COCC(CNC(C)C)N1CCN(C2CCCC2)CC1. The van der Waals surface area contributed by atoms with E-state index in [0.29, 0.717) is 12.1 Å². The van der Waals surface area contributed by atoms with Gasteiger partial charge in [0.15, 0.2) is 0 Å². The molecule has 1 N–H and O–H groups in total. The maximum Gasteiger partial charge on any atom is 0.0630 e. The quantitative estimate of drug-likeness (QED) is 0.767. The smallest absolute Gasteiger partial charge is 0.0630 e. The van der Waals surface area contributed by atoms with Gasteiger partial charge in [0.1, 0.15) is 0 Å². The van der Waals surface area contributed by atoms with E-state index in [9.17, 15) is 0 Å². The second-order valence-electron chi connectivity index (χ2n) is 6.68. The summed E-state index contributed by atoms with van der Waals surface area (Å²) < 4.78 is 5.42. The van der Waals surface area contributed by atoms with Crippen LogP contribution < -0.4 is 5.32 Å². The van der Waals surface area contributed by atoms with Crippen LogP contribution in [0.15, 0.2) is 0 Å². The summed E-state index contributed by atoms with van der Waals surface area (Å²) >= 11 is 0. The number of piperazine rings is 1. The van der Waals surface area contributed by atoms with E-state index in [1.165, 1.54) is 51.9 Å². The Hall–Kier alpha value is -0.160. The predicted molar refractivity (Wildman–Crippen MR) is 84.2 cm³/mol. The van der Waals surface area contributed by atoms with E-state index in [2.05, 4.69) is 29.0 Å². The Labute approximate surface area is 124 Å². The van der Waals surface area contributed by atoms with Gasteiger partial charge in [-0.05, 0) is 12.8 Å². The maximum atomic E-state index is 5.42. The topological polar surface area (TPSA) is 27.7 Å². The summed E-state index contributed by atoms with van der Waals surface area (Å²) in [6.45, 7) is 11.2. The Morgan fingerprint density at radius 2 is 1.75 bits per heavy atom. The molecule has 0 spiro atoms. The Morgan fingerprint density at radius 3 is 2.30 bits per heavy atom. The molecule has 1 saturated heterocycles. The average molecular weight is 283 g/mol. The molecule has 118 valence electrons. The number of ether oxygens (including phenoxy) is 1. The van der Waals surface area contributed by atoms with Crippen LogP contribution in [0.2, 0.25) is 0 Å². The molecule has 0 aromatic heterocycles. The highest BCUT2D eigenvalue weighted by Crippen LogP contribution is 2.24. The van der Waals surface area contributed by atoms with E-state index in [0.717, 1.165) is 19.2 Å². The van der Waals surface area contributed by atoms with Crippen molar-refractivity contribution < 1.29 is 4.74 Å². The normalized spacial score (nSPS) is 24.6. The molecule has 2 fully saturated rings. The number of nitrogens with one attached hydrogen (secondary N) is 1. The third kappa shape index (κ3) is 4.69. The lowest BCUT2D eigenvalue weighted by Crippen LogP contribution is -2.56. The molecule has 20 heavy (non-hydrogen) atoms. The molecule has 0 aromatic rings. The van der Waals surface area contributed by atoms with Crippen molar-refractivity contribution in [2.45, 2.75) is 57.7 Å². The van der Waals surface area contributed by atoms with Crippen LogP contribution in [0.25, 0.3) is 0 Å². The molecule has 0 amide bonds. The van der Waals surface area contributed by atoms with E-state index in [-0.39, 0.29) is 0 Å². The lowest BCUT2D eigenvalue weighted by molar-refractivity contribution is 0.0357. The van der Waals surface area contributed by atoms with Crippen molar-refractivity contribution in [2.24, 2.45) is 0 Å². The molecule has 1 heterocycles. The lowest BCUT2D eigenvalue weighted by atomic mass is 10.1. The van der Waals surface area contributed by atoms with E-state index in [1.54, 1.807) is 0 Å². The van der Waals surface area contributed by atoms with Gasteiger partial charge in [0, 0.05) is 58.0 Å². The fourth-order valence-electron chi connectivity index (χ4n) is 3.59. The average Bonchev–Trinajstić information content (AvgIpc) is 2.97. The summed E-state index contributed by atoms with van der Waals surface area (Å²) in [5.74, 6) is 0. The minimum atomic E-state index is 0.521. The second-order valence-corrected chi connectivity index (χ2v) is 6.68. The molecule has 1 aliphatic heterocycles. The molecule has 0 bridgehead atoms. The van der Waals surface area contributed by atoms with E-state index >= 15 is 0 Å². The highest BCUT2D eigenvalue weighted by atomic mass is 16.5. The minimum Gasteiger partial charge on any atom is -0.383 e. The van der Waals surface area contributed by atoms with Crippen LogP contribution in [0.5, 0.6) is 0 Å². The largest absolute Gasteiger partial charge is 0.383 e. The summed E-state index contributed by atoms with van der Waals surface area (Å²) in [6.07, 6.45) is 5.73. The van der Waals surface area contributed by atoms with Crippen molar-refractivity contribution >= 4 is 0 Å². The second kappa shape index (κ2) is 8.32. The van der Waals surface area contributed by atoms with Crippen molar-refractivity contribution in [2.75, 3.05) is 46.4 Å². The highest BCUT2D eigenvalue weighted by Gasteiger charge is 2.28. The standard InChI is InChI=1S/C16H33N3O/c1-14(2)17-12-16(13-20-3)19-10-8-18(9-11-19)15-6-4-5-7-15/h14-17H,4-13H2,1-3H3. The van der Waals surface area contributed by atoms with Crippen LogP contribution in [-0.4, -0.2) is 74.4 Å². The van der Waals surface area contributed by atoms with Crippen LogP contribution in [0.3, 0.4) is 0 Å². The number of hydrogen-bond acceptors (Lipinski definition) is 4. The molecular weight excluding hydrogens is 250 g/mol. The van der Waals surface area contributed by atoms with Gasteiger partial charge < -0.3 is 10.1 Å². The van der Waals surface area contributed by atoms with Crippen LogP contribution in [-0.2, 0) is 4.74 Å². The number of nitrogens with zero attached hydrogens (tertiary/aromatic N) is 2. The van der Waals surface area contributed by atoms with E-state index in [4.69, 9.17) is 4.74 Å². The third-order valence-corrected chi connectivity index (χ3v) is 4.83. The van der Waals surface area contributed by atoms with Gasteiger partial charge in [0.25, 0.3) is 0 Å². The molecule has 2 rings (SSSR count). The first kappa shape index (κ1) is 16.2. The van der Waals surface area contributed by atoms with Crippen molar-refractivity contribution in [3.63, 3.8) is 0 Å². The Bertz CT molecular complexity index is 258. The first-order valence-electron chi connectivity index (χ1n) is 8.41. The molecule has 0 radical (unpaired) electrons. The van der Waals surface area contributed by atoms with Gasteiger partial charge in [0.2, 0.25) is 0 Å². The first-order valence-corrected chi connectivity index (χ1v) is 8.41. The number of methoxy groups -OCH3 is 1. The van der Waals surface area contributed by atoms with Crippen molar-refractivity contribution in [1.29, 1.82) is 0 Å². The summed E-state index contributed by atoms with van der Waals surface area (Å²) in [5, 5.41) is 3.56. The van der Waals surface area contributed by atoms with Gasteiger partial charge in [-0.1, -0.05) is 26.7 Å². The van der Waals surface area contributed by atoms with Crippen LogP contribution in [0.4, 0.5) is 0 Å². The van der Waals surface area contributed by atoms with Crippen LogP contribution in [0, 0.1) is 0 Å².